The van der Waals surface area contributed by atoms with Gasteiger partial charge in [-0.25, -0.2) is 0 Å². The van der Waals surface area contributed by atoms with E-state index in [-0.39, 0.29) is 18.2 Å². The number of unbranched alkanes of at least 4 members (excludes halogenated alkanes) is 1. The number of hydrogen-bond acceptors (Lipinski definition) is 4. The van der Waals surface area contributed by atoms with Crippen molar-refractivity contribution in [3.05, 3.63) is 35.9 Å². The van der Waals surface area contributed by atoms with E-state index in [1.807, 2.05) is 39.8 Å². The van der Waals surface area contributed by atoms with Gasteiger partial charge in [0.25, 0.3) is 0 Å². The predicted molar refractivity (Wildman–Crippen MR) is 90.7 cm³/mol. The molecule has 3 nitrogen and oxygen atoms in total. The van der Waals surface area contributed by atoms with Gasteiger partial charge in [0, 0.05) is 23.0 Å². The molecule has 0 saturated carbocycles. The van der Waals surface area contributed by atoms with Gasteiger partial charge in [-0.15, -0.1) is 0 Å². The number of ketones is 1. The van der Waals surface area contributed by atoms with E-state index in [1.165, 1.54) is 18.6 Å². The van der Waals surface area contributed by atoms with E-state index in [0.717, 1.165) is 18.1 Å². The highest BCUT2D eigenvalue weighted by Crippen LogP contribution is 2.39. The SMILES string of the molecule is O=C(CCCCC1CCSS1)NCC(=O)c1ccccc1. The molecule has 1 heterocycles. The van der Waals surface area contributed by atoms with Crippen LogP contribution < -0.4 is 5.32 Å². The number of carbonyl (C=O) groups excluding carboxylic acids is 2. The van der Waals surface area contributed by atoms with Gasteiger partial charge in [0.15, 0.2) is 5.78 Å². The molecule has 1 amide bonds. The molecule has 0 aromatic heterocycles. The van der Waals surface area contributed by atoms with E-state index in [2.05, 4.69) is 5.32 Å². The molecule has 0 spiro atoms. The summed E-state index contributed by atoms with van der Waals surface area (Å²) in [7, 11) is 3.94. The maximum Gasteiger partial charge on any atom is 0.220 e. The second-order valence-corrected chi connectivity index (χ2v) is 7.93. The van der Waals surface area contributed by atoms with Crippen LogP contribution in [0, 0.1) is 0 Å². The number of amides is 1. The summed E-state index contributed by atoms with van der Waals surface area (Å²) < 4.78 is 0. The largest absolute Gasteiger partial charge is 0.349 e. The van der Waals surface area contributed by atoms with Crippen LogP contribution >= 0.6 is 21.6 Å². The van der Waals surface area contributed by atoms with E-state index in [9.17, 15) is 9.59 Å². The molecule has 1 aromatic rings. The third-order valence-electron chi connectivity index (χ3n) is 3.45. The fourth-order valence-electron chi connectivity index (χ4n) is 2.22. The van der Waals surface area contributed by atoms with E-state index in [4.69, 9.17) is 0 Å². The van der Waals surface area contributed by atoms with E-state index < -0.39 is 0 Å². The smallest absolute Gasteiger partial charge is 0.220 e. The monoisotopic (exact) mass is 323 g/mol. The van der Waals surface area contributed by atoms with E-state index in [1.54, 1.807) is 12.1 Å². The highest BCUT2D eigenvalue weighted by molar-refractivity contribution is 8.77. The van der Waals surface area contributed by atoms with Crippen molar-refractivity contribution in [3.63, 3.8) is 0 Å². The van der Waals surface area contributed by atoms with Crippen molar-refractivity contribution in [1.82, 2.24) is 5.32 Å². The maximum absolute atomic E-state index is 11.8. The first-order chi connectivity index (χ1) is 10.3. The second-order valence-electron chi connectivity index (χ2n) is 5.14. The van der Waals surface area contributed by atoms with Crippen LogP contribution in [0.15, 0.2) is 30.3 Å². The third kappa shape index (κ3) is 6.14. The number of hydrogen-bond donors (Lipinski definition) is 1. The minimum atomic E-state index is -0.0386. The molecule has 1 aliphatic rings. The first kappa shape index (κ1) is 16.4. The normalized spacial score (nSPS) is 17.6. The van der Waals surface area contributed by atoms with Gasteiger partial charge in [-0.05, 0) is 19.3 Å². The van der Waals surface area contributed by atoms with Crippen molar-refractivity contribution < 1.29 is 9.59 Å². The van der Waals surface area contributed by atoms with Gasteiger partial charge in [0.05, 0.1) is 6.54 Å². The Morgan fingerprint density at radius 2 is 2.00 bits per heavy atom. The van der Waals surface area contributed by atoms with Crippen molar-refractivity contribution in [3.8, 4) is 0 Å². The van der Waals surface area contributed by atoms with Crippen LogP contribution in [0.2, 0.25) is 0 Å². The van der Waals surface area contributed by atoms with E-state index >= 15 is 0 Å². The molecule has 0 bridgehead atoms. The zero-order chi connectivity index (χ0) is 14.9. The number of carbonyl (C=O) groups is 2. The van der Waals surface area contributed by atoms with Gasteiger partial charge < -0.3 is 5.32 Å². The Labute approximate surface area is 134 Å². The number of rotatable bonds is 8. The lowest BCUT2D eigenvalue weighted by Gasteiger charge is -2.07. The van der Waals surface area contributed by atoms with Gasteiger partial charge >= 0.3 is 0 Å². The lowest BCUT2D eigenvalue weighted by molar-refractivity contribution is -0.121. The van der Waals surface area contributed by atoms with Gasteiger partial charge in [-0.1, -0.05) is 58.3 Å². The van der Waals surface area contributed by atoms with Gasteiger partial charge in [-0.2, -0.15) is 0 Å². The quantitative estimate of drug-likeness (QED) is 0.450. The molecular weight excluding hydrogens is 302 g/mol. The molecule has 21 heavy (non-hydrogen) atoms. The van der Waals surface area contributed by atoms with Crippen molar-refractivity contribution in [2.75, 3.05) is 12.3 Å². The summed E-state index contributed by atoms with van der Waals surface area (Å²) in [5.41, 5.74) is 0.647. The summed E-state index contributed by atoms with van der Waals surface area (Å²) >= 11 is 0. The van der Waals surface area contributed by atoms with Crippen LogP contribution in [-0.4, -0.2) is 29.2 Å². The molecule has 1 unspecified atom stereocenters. The average Bonchev–Trinajstić information content (AvgIpc) is 3.03. The van der Waals surface area contributed by atoms with Crippen molar-refractivity contribution in [2.45, 2.75) is 37.4 Å². The zero-order valence-corrected chi connectivity index (χ0v) is 13.7. The van der Waals surface area contributed by atoms with Gasteiger partial charge in [-0.3, -0.25) is 9.59 Å². The summed E-state index contributed by atoms with van der Waals surface area (Å²) in [6.07, 6.45) is 5.03. The van der Waals surface area contributed by atoms with E-state index in [0.29, 0.717) is 12.0 Å². The lowest BCUT2D eigenvalue weighted by Crippen LogP contribution is -2.29. The Balaban J connectivity index is 1.56. The Morgan fingerprint density at radius 1 is 1.19 bits per heavy atom. The molecule has 1 aromatic carbocycles. The van der Waals surface area contributed by atoms with Crippen LogP contribution in [0.5, 0.6) is 0 Å². The second kappa shape index (κ2) is 9.15. The van der Waals surface area contributed by atoms with Crippen molar-refractivity contribution in [1.29, 1.82) is 0 Å². The summed E-state index contributed by atoms with van der Waals surface area (Å²) in [6.45, 7) is 0.0952. The highest BCUT2D eigenvalue weighted by Gasteiger charge is 2.15. The molecule has 0 aliphatic carbocycles. The fourth-order valence-corrected chi connectivity index (χ4v) is 5.24. The number of nitrogens with one attached hydrogen (secondary N) is 1. The molecule has 0 radical (unpaired) electrons. The lowest BCUT2D eigenvalue weighted by atomic mass is 10.1. The van der Waals surface area contributed by atoms with Crippen LogP contribution in [0.3, 0.4) is 0 Å². The summed E-state index contributed by atoms with van der Waals surface area (Å²) in [5.74, 6) is 1.20. The molecule has 1 fully saturated rings. The molecule has 1 aliphatic heterocycles. The molecule has 1 atom stereocenters. The minimum absolute atomic E-state index is 0.0206. The van der Waals surface area contributed by atoms with Gasteiger partial charge in [0.1, 0.15) is 0 Å². The summed E-state index contributed by atoms with van der Waals surface area (Å²) in [6, 6.07) is 9.07. The topological polar surface area (TPSA) is 46.2 Å². The van der Waals surface area contributed by atoms with Crippen LogP contribution in [0.4, 0.5) is 0 Å². The van der Waals surface area contributed by atoms with Gasteiger partial charge in [0.2, 0.25) is 5.91 Å². The summed E-state index contributed by atoms with van der Waals surface area (Å²) in [4.78, 5) is 23.5. The zero-order valence-electron chi connectivity index (χ0n) is 12.0. The molecule has 2 rings (SSSR count). The molecule has 1 N–H and O–H groups in total. The Morgan fingerprint density at radius 3 is 2.71 bits per heavy atom. The number of benzene rings is 1. The average molecular weight is 323 g/mol. The summed E-state index contributed by atoms with van der Waals surface area (Å²) in [5, 5.41) is 3.49. The minimum Gasteiger partial charge on any atom is -0.349 e. The Kier molecular flexibility index (Phi) is 7.16. The third-order valence-corrected chi connectivity index (χ3v) is 6.46. The van der Waals surface area contributed by atoms with Crippen LogP contribution in [-0.2, 0) is 4.79 Å². The maximum atomic E-state index is 11.8. The van der Waals surface area contributed by atoms with Crippen LogP contribution in [0.25, 0.3) is 0 Å². The van der Waals surface area contributed by atoms with Crippen molar-refractivity contribution in [2.24, 2.45) is 0 Å². The number of Topliss-reactive ketones (excluding diaryl/α,β-unsaturated/α-hetero) is 1. The molecule has 5 heteroatoms. The van der Waals surface area contributed by atoms with Crippen LogP contribution in [0.1, 0.15) is 42.5 Å². The highest BCUT2D eigenvalue weighted by atomic mass is 33.1. The molecular formula is C16H21NO2S2. The molecule has 114 valence electrons. The Bertz CT molecular complexity index is 459. The fraction of sp³-hybridized carbons (Fsp3) is 0.500. The van der Waals surface area contributed by atoms with Crippen molar-refractivity contribution >= 4 is 33.3 Å². The first-order valence-corrected chi connectivity index (χ1v) is 9.77. The Hall–Kier alpha value is -0.940. The predicted octanol–water partition coefficient (Wildman–Crippen LogP) is 3.70. The molecule has 1 saturated heterocycles. The first-order valence-electron chi connectivity index (χ1n) is 7.39. The standard InChI is InChI=1S/C16H21NO2S2/c18-15(13-6-2-1-3-7-13)12-17-16(19)9-5-4-8-14-10-11-20-21-14/h1-3,6-7,14H,4-5,8-12H2,(H,17,19).